The Morgan fingerprint density at radius 3 is 2.70 bits per heavy atom. The summed E-state index contributed by atoms with van der Waals surface area (Å²) in [6.45, 7) is 3.82. The summed E-state index contributed by atoms with van der Waals surface area (Å²) < 4.78 is 5.16. The zero-order valence-corrected chi connectivity index (χ0v) is 11.9. The van der Waals surface area contributed by atoms with Crippen molar-refractivity contribution in [3.8, 4) is 5.75 Å². The molecule has 6 heteroatoms. The summed E-state index contributed by atoms with van der Waals surface area (Å²) in [6, 6.07) is 5.08. The van der Waals surface area contributed by atoms with Gasteiger partial charge in [0.25, 0.3) is 0 Å². The fraction of sp³-hybridized carbons (Fsp3) is 0.429. The number of ether oxygens (including phenoxy) is 1. The van der Waals surface area contributed by atoms with E-state index in [9.17, 15) is 9.59 Å². The van der Waals surface area contributed by atoms with Crippen LogP contribution >= 0.6 is 0 Å². The number of anilines is 1. The van der Waals surface area contributed by atoms with Gasteiger partial charge in [0.1, 0.15) is 5.75 Å². The molecule has 0 fully saturated rings. The molecule has 20 heavy (non-hydrogen) atoms. The first kappa shape index (κ1) is 15.8. The van der Waals surface area contributed by atoms with Gasteiger partial charge in [-0.1, -0.05) is 13.0 Å². The molecule has 2 amide bonds. The van der Waals surface area contributed by atoms with E-state index in [-0.39, 0.29) is 6.03 Å². The number of nitrogens with one attached hydrogen (secondary N) is 2. The van der Waals surface area contributed by atoms with Crippen molar-refractivity contribution in [2.45, 2.75) is 20.3 Å². The third kappa shape index (κ3) is 4.79. The Balaban J connectivity index is 2.50. The number of amides is 2. The Kier molecular flexibility index (Phi) is 5.83. The SMILES string of the molecule is COc1ccc(C)cc1NC(=O)NCCC(C)C(=O)O. The predicted octanol–water partition coefficient (Wildman–Crippen LogP) is 2.24. The zero-order valence-electron chi connectivity index (χ0n) is 11.9. The summed E-state index contributed by atoms with van der Waals surface area (Å²) in [7, 11) is 1.53. The number of rotatable bonds is 6. The van der Waals surface area contributed by atoms with E-state index in [1.807, 2.05) is 13.0 Å². The molecule has 0 saturated carbocycles. The van der Waals surface area contributed by atoms with Crippen LogP contribution in [0.1, 0.15) is 18.9 Å². The van der Waals surface area contributed by atoms with Gasteiger partial charge in [0.05, 0.1) is 18.7 Å². The topological polar surface area (TPSA) is 87.7 Å². The first-order valence-corrected chi connectivity index (χ1v) is 6.36. The molecule has 6 nitrogen and oxygen atoms in total. The van der Waals surface area contributed by atoms with Gasteiger partial charge in [-0.3, -0.25) is 4.79 Å². The zero-order chi connectivity index (χ0) is 15.1. The molecular formula is C14H20N2O4. The van der Waals surface area contributed by atoms with E-state index in [2.05, 4.69) is 10.6 Å². The van der Waals surface area contributed by atoms with Crippen LogP contribution in [-0.4, -0.2) is 30.8 Å². The van der Waals surface area contributed by atoms with E-state index in [1.54, 1.807) is 19.1 Å². The third-order valence-corrected chi connectivity index (χ3v) is 2.89. The molecule has 0 aliphatic rings. The second kappa shape index (κ2) is 7.37. The minimum absolute atomic E-state index is 0.299. The van der Waals surface area contributed by atoms with E-state index in [4.69, 9.17) is 9.84 Å². The van der Waals surface area contributed by atoms with Gasteiger partial charge in [-0.2, -0.15) is 0 Å². The molecule has 0 bridgehead atoms. The molecule has 0 aliphatic carbocycles. The summed E-state index contributed by atoms with van der Waals surface area (Å²) in [6.07, 6.45) is 0.383. The van der Waals surface area contributed by atoms with Crippen LogP contribution in [0.25, 0.3) is 0 Å². The maximum atomic E-state index is 11.7. The normalized spacial score (nSPS) is 11.6. The fourth-order valence-electron chi connectivity index (χ4n) is 1.61. The molecule has 1 aromatic rings. The number of hydrogen-bond donors (Lipinski definition) is 3. The number of carboxylic acid groups (broad SMARTS) is 1. The molecule has 1 atom stereocenters. The number of hydrogen-bond acceptors (Lipinski definition) is 3. The molecule has 0 aromatic heterocycles. The van der Waals surface area contributed by atoms with Gasteiger partial charge in [-0.25, -0.2) is 4.79 Å². The van der Waals surface area contributed by atoms with Gasteiger partial charge < -0.3 is 20.5 Å². The van der Waals surface area contributed by atoms with Gasteiger partial charge in [-0.15, -0.1) is 0 Å². The quantitative estimate of drug-likeness (QED) is 0.745. The van der Waals surface area contributed by atoms with Crippen LogP contribution in [0.3, 0.4) is 0 Å². The fourth-order valence-corrected chi connectivity index (χ4v) is 1.61. The lowest BCUT2D eigenvalue weighted by Crippen LogP contribution is -2.31. The largest absolute Gasteiger partial charge is 0.495 e. The number of carbonyl (C=O) groups excluding carboxylic acids is 1. The minimum Gasteiger partial charge on any atom is -0.495 e. The highest BCUT2D eigenvalue weighted by molar-refractivity contribution is 5.91. The van der Waals surface area contributed by atoms with Crippen LogP contribution in [-0.2, 0) is 4.79 Å². The Bertz CT molecular complexity index is 488. The standard InChI is InChI=1S/C14H20N2O4/c1-9-4-5-12(20-3)11(8-9)16-14(19)15-7-6-10(2)13(17)18/h4-5,8,10H,6-7H2,1-3H3,(H,17,18)(H2,15,16,19). The highest BCUT2D eigenvalue weighted by Gasteiger charge is 2.11. The second-order valence-corrected chi connectivity index (χ2v) is 4.61. The number of carbonyl (C=O) groups is 2. The molecule has 110 valence electrons. The molecule has 1 aromatic carbocycles. The van der Waals surface area contributed by atoms with Gasteiger partial charge in [0, 0.05) is 6.54 Å². The van der Waals surface area contributed by atoms with E-state index in [0.717, 1.165) is 5.56 Å². The average molecular weight is 280 g/mol. The summed E-state index contributed by atoms with van der Waals surface area (Å²) in [5.41, 5.74) is 1.58. The average Bonchev–Trinajstić information content (AvgIpc) is 2.38. The van der Waals surface area contributed by atoms with Gasteiger partial charge in [0.15, 0.2) is 0 Å². The number of carboxylic acids is 1. The molecule has 0 radical (unpaired) electrons. The Labute approximate surface area is 118 Å². The summed E-state index contributed by atoms with van der Waals surface area (Å²) in [5, 5.41) is 14.0. The molecule has 1 unspecified atom stereocenters. The van der Waals surface area contributed by atoms with Crippen LogP contribution in [0.4, 0.5) is 10.5 Å². The smallest absolute Gasteiger partial charge is 0.319 e. The summed E-state index contributed by atoms with van der Waals surface area (Å²) in [5.74, 6) is -0.777. The van der Waals surface area contributed by atoms with Crippen molar-refractivity contribution in [1.82, 2.24) is 5.32 Å². The van der Waals surface area contributed by atoms with Crippen molar-refractivity contribution in [3.63, 3.8) is 0 Å². The van der Waals surface area contributed by atoms with Crippen molar-refractivity contribution in [3.05, 3.63) is 23.8 Å². The lowest BCUT2D eigenvalue weighted by Gasteiger charge is -2.12. The van der Waals surface area contributed by atoms with Crippen molar-refractivity contribution in [2.75, 3.05) is 19.0 Å². The van der Waals surface area contributed by atoms with Crippen molar-refractivity contribution in [1.29, 1.82) is 0 Å². The van der Waals surface area contributed by atoms with Crippen LogP contribution in [0.2, 0.25) is 0 Å². The van der Waals surface area contributed by atoms with Crippen LogP contribution in [0.5, 0.6) is 5.75 Å². The summed E-state index contributed by atoms with van der Waals surface area (Å²) in [4.78, 5) is 22.4. The first-order valence-electron chi connectivity index (χ1n) is 6.36. The minimum atomic E-state index is -0.868. The van der Waals surface area contributed by atoms with Crippen molar-refractivity contribution < 1.29 is 19.4 Å². The maximum Gasteiger partial charge on any atom is 0.319 e. The van der Waals surface area contributed by atoms with Gasteiger partial charge >= 0.3 is 12.0 Å². The first-order chi connectivity index (χ1) is 9.43. The lowest BCUT2D eigenvalue weighted by atomic mass is 10.1. The highest BCUT2D eigenvalue weighted by Crippen LogP contribution is 2.24. The number of aryl methyl sites for hydroxylation is 1. The Morgan fingerprint density at radius 1 is 1.40 bits per heavy atom. The molecule has 0 saturated heterocycles. The van der Waals surface area contributed by atoms with Gasteiger partial charge in [-0.05, 0) is 31.0 Å². The number of methoxy groups -OCH3 is 1. The Morgan fingerprint density at radius 2 is 2.10 bits per heavy atom. The molecule has 0 aliphatic heterocycles. The number of aliphatic carboxylic acids is 1. The maximum absolute atomic E-state index is 11.7. The molecule has 0 heterocycles. The Hall–Kier alpha value is -2.24. The molecule has 3 N–H and O–H groups in total. The van der Waals surface area contributed by atoms with E-state index >= 15 is 0 Å². The van der Waals surface area contributed by atoms with Crippen molar-refractivity contribution >= 4 is 17.7 Å². The van der Waals surface area contributed by atoms with Gasteiger partial charge in [0.2, 0.25) is 0 Å². The number of benzene rings is 1. The van der Waals surface area contributed by atoms with E-state index in [1.165, 1.54) is 7.11 Å². The lowest BCUT2D eigenvalue weighted by molar-refractivity contribution is -0.141. The van der Waals surface area contributed by atoms with Crippen molar-refractivity contribution in [2.24, 2.45) is 5.92 Å². The molecule has 0 spiro atoms. The summed E-state index contributed by atoms with van der Waals surface area (Å²) >= 11 is 0. The van der Waals surface area contributed by atoms with E-state index in [0.29, 0.717) is 24.4 Å². The molecule has 1 rings (SSSR count). The van der Waals surface area contributed by atoms with E-state index < -0.39 is 11.9 Å². The second-order valence-electron chi connectivity index (χ2n) is 4.61. The number of urea groups is 1. The van der Waals surface area contributed by atoms with Crippen LogP contribution in [0.15, 0.2) is 18.2 Å². The van der Waals surface area contributed by atoms with Crippen LogP contribution in [0, 0.1) is 12.8 Å². The van der Waals surface area contributed by atoms with Crippen LogP contribution < -0.4 is 15.4 Å². The molecular weight excluding hydrogens is 260 g/mol. The highest BCUT2D eigenvalue weighted by atomic mass is 16.5. The monoisotopic (exact) mass is 280 g/mol. The third-order valence-electron chi connectivity index (χ3n) is 2.89. The predicted molar refractivity (Wildman–Crippen MR) is 76.2 cm³/mol.